The number of benzene rings is 1. The number of hydrogen-bond donors (Lipinski definition) is 0. The first-order chi connectivity index (χ1) is 15.6. The fraction of sp³-hybridized carbons (Fsp3) is 0.217. The molecule has 162 valence electrons. The number of thiophene rings is 1. The van der Waals surface area contributed by atoms with Crippen molar-refractivity contribution in [3.05, 3.63) is 82.2 Å². The summed E-state index contributed by atoms with van der Waals surface area (Å²) in [6, 6.07) is 11.7. The quantitative estimate of drug-likeness (QED) is 0.558. The molecule has 4 heterocycles. The molecule has 2 aliphatic heterocycles. The highest BCUT2D eigenvalue weighted by molar-refractivity contribution is 7.11. The Morgan fingerprint density at radius 1 is 0.875 bits per heavy atom. The molecule has 0 saturated carbocycles. The second-order valence-corrected chi connectivity index (χ2v) is 8.46. The van der Waals surface area contributed by atoms with E-state index in [0.717, 1.165) is 9.78 Å². The number of anilines is 1. The van der Waals surface area contributed by atoms with E-state index in [-0.39, 0.29) is 18.4 Å². The van der Waals surface area contributed by atoms with Crippen LogP contribution in [0.3, 0.4) is 0 Å². The van der Waals surface area contributed by atoms with E-state index < -0.39 is 5.82 Å². The summed E-state index contributed by atoms with van der Waals surface area (Å²) in [6.45, 7) is 2.25. The van der Waals surface area contributed by atoms with E-state index in [1.165, 1.54) is 17.4 Å². The van der Waals surface area contributed by atoms with Crippen molar-refractivity contribution in [1.82, 2.24) is 19.8 Å². The van der Waals surface area contributed by atoms with Crippen molar-refractivity contribution in [3.8, 4) is 0 Å². The normalized spacial score (nSPS) is 17.0. The SMILES string of the molecule is O=C1C(c2cccs2)=C(N2CCN(c3ncccn3)CC2)C(=O)N1Cc1ccccc1F. The molecule has 2 aromatic heterocycles. The lowest BCUT2D eigenvalue weighted by molar-refractivity contribution is -0.138. The number of aromatic nitrogens is 2. The number of halogens is 1. The molecule has 0 spiro atoms. The zero-order valence-corrected chi connectivity index (χ0v) is 18.0. The maximum atomic E-state index is 14.2. The van der Waals surface area contributed by atoms with Crippen LogP contribution in [-0.2, 0) is 16.1 Å². The van der Waals surface area contributed by atoms with Crippen molar-refractivity contribution < 1.29 is 14.0 Å². The van der Waals surface area contributed by atoms with Crippen LogP contribution in [0.25, 0.3) is 5.57 Å². The molecular weight excluding hydrogens is 429 g/mol. The van der Waals surface area contributed by atoms with Gasteiger partial charge in [0.05, 0.1) is 12.1 Å². The van der Waals surface area contributed by atoms with Gasteiger partial charge in [0.1, 0.15) is 11.5 Å². The third-order valence-electron chi connectivity index (χ3n) is 5.63. The van der Waals surface area contributed by atoms with Gasteiger partial charge in [0, 0.05) is 49.0 Å². The number of amides is 2. The standard InChI is InChI=1S/C23H20FN5O2S/c24-17-6-2-1-5-16(17)15-29-21(30)19(18-7-3-14-32-18)20(22(29)31)27-10-12-28(13-11-27)23-25-8-4-9-26-23/h1-9,14H,10-13,15H2. The average molecular weight is 450 g/mol. The Kier molecular flexibility index (Phi) is 5.40. The predicted octanol–water partition coefficient (Wildman–Crippen LogP) is 2.78. The van der Waals surface area contributed by atoms with E-state index >= 15 is 0 Å². The molecular formula is C23H20FN5O2S. The monoisotopic (exact) mass is 449 g/mol. The highest BCUT2D eigenvalue weighted by Gasteiger charge is 2.42. The van der Waals surface area contributed by atoms with E-state index in [1.54, 1.807) is 36.7 Å². The van der Waals surface area contributed by atoms with Gasteiger partial charge in [0.25, 0.3) is 11.8 Å². The van der Waals surface area contributed by atoms with Crippen molar-refractivity contribution in [3.63, 3.8) is 0 Å². The Bertz CT molecular complexity index is 1170. The summed E-state index contributed by atoms with van der Waals surface area (Å²) in [5.41, 5.74) is 1.10. The van der Waals surface area contributed by atoms with Crippen molar-refractivity contribution in [2.75, 3.05) is 31.1 Å². The molecule has 9 heteroatoms. The minimum atomic E-state index is -0.435. The molecule has 7 nitrogen and oxygen atoms in total. The van der Waals surface area contributed by atoms with Crippen LogP contribution in [0, 0.1) is 5.82 Å². The molecule has 0 bridgehead atoms. The molecule has 0 atom stereocenters. The first-order valence-electron chi connectivity index (χ1n) is 10.3. The molecule has 32 heavy (non-hydrogen) atoms. The fourth-order valence-electron chi connectivity index (χ4n) is 4.02. The number of hydrogen-bond acceptors (Lipinski definition) is 7. The summed E-state index contributed by atoms with van der Waals surface area (Å²) in [5.74, 6) is -0.555. The molecule has 0 unspecified atom stereocenters. The van der Waals surface area contributed by atoms with Gasteiger partial charge in [-0.1, -0.05) is 24.3 Å². The molecule has 2 amide bonds. The van der Waals surface area contributed by atoms with Crippen LogP contribution in [0.5, 0.6) is 0 Å². The lowest BCUT2D eigenvalue weighted by atomic mass is 10.1. The molecule has 0 N–H and O–H groups in total. The third-order valence-corrected chi connectivity index (χ3v) is 6.52. The van der Waals surface area contributed by atoms with Crippen LogP contribution >= 0.6 is 11.3 Å². The Hall–Kier alpha value is -3.59. The van der Waals surface area contributed by atoms with Crippen LogP contribution in [0.4, 0.5) is 10.3 Å². The van der Waals surface area contributed by atoms with Crippen LogP contribution in [0.2, 0.25) is 0 Å². The average Bonchev–Trinajstić information content (AvgIpc) is 3.43. The van der Waals surface area contributed by atoms with Crippen LogP contribution in [0.1, 0.15) is 10.4 Å². The molecule has 1 aromatic carbocycles. The fourth-order valence-corrected chi connectivity index (χ4v) is 4.79. The first kappa shape index (κ1) is 20.3. The number of rotatable bonds is 5. The summed E-state index contributed by atoms with van der Waals surface area (Å²) in [7, 11) is 0. The van der Waals surface area contributed by atoms with Gasteiger partial charge < -0.3 is 9.80 Å². The summed E-state index contributed by atoms with van der Waals surface area (Å²) in [6.07, 6.45) is 3.40. The van der Waals surface area contributed by atoms with Gasteiger partial charge >= 0.3 is 0 Å². The number of imide groups is 1. The second kappa shape index (κ2) is 8.51. The second-order valence-electron chi connectivity index (χ2n) is 7.51. The zero-order chi connectivity index (χ0) is 22.1. The van der Waals surface area contributed by atoms with Gasteiger partial charge in [-0.25, -0.2) is 14.4 Å². The molecule has 0 radical (unpaired) electrons. The first-order valence-corrected chi connectivity index (χ1v) is 11.2. The van der Waals surface area contributed by atoms with E-state index in [0.29, 0.717) is 49.0 Å². The number of piperazine rings is 1. The topological polar surface area (TPSA) is 69.6 Å². The Morgan fingerprint density at radius 2 is 1.59 bits per heavy atom. The number of carbonyl (C=O) groups excluding carboxylic acids is 2. The molecule has 1 saturated heterocycles. The molecule has 3 aromatic rings. The Morgan fingerprint density at radius 3 is 2.28 bits per heavy atom. The van der Waals surface area contributed by atoms with Crippen molar-refractivity contribution in [2.45, 2.75) is 6.54 Å². The van der Waals surface area contributed by atoms with Crippen molar-refractivity contribution in [1.29, 1.82) is 0 Å². The van der Waals surface area contributed by atoms with Crippen LogP contribution < -0.4 is 4.90 Å². The van der Waals surface area contributed by atoms with Gasteiger partial charge in [-0.3, -0.25) is 14.5 Å². The maximum absolute atomic E-state index is 14.2. The van der Waals surface area contributed by atoms with E-state index in [2.05, 4.69) is 14.9 Å². The minimum absolute atomic E-state index is 0.0967. The predicted molar refractivity (Wildman–Crippen MR) is 119 cm³/mol. The highest BCUT2D eigenvalue weighted by atomic mass is 32.1. The largest absolute Gasteiger partial charge is 0.363 e. The van der Waals surface area contributed by atoms with Gasteiger partial charge in [-0.2, -0.15) is 0 Å². The smallest absolute Gasteiger partial charge is 0.278 e. The number of nitrogens with zero attached hydrogens (tertiary/aromatic N) is 5. The lowest BCUT2D eigenvalue weighted by Gasteiger charge is -2.36. The zero-order valence-electron chi connectivity index (χ0n) is 17.1. The third kappa shape index (κ3) is 3.64. The van der Waals surface area contributed by atoms with Crippen molar-refractivity contribution in [2.24, 2.45) is 0 Å². The van der Waals surface area contributed by atoms with Gasteiger partial charge in [0.2, 0.25) is 5.95 Å². The lowest BCUT2D eigenvalue weighted by Crippen LogP contribution is -2.48. The molecule has 2 aliphatic rings. The van der Waals surface area contributed by atoms with Crippen LogP contribution in [0.15, 0.2) is 65.9 Å². The van der Waals surface area contributed by atoms with Crippen molar-refractivity contribution >= 4 is 34.7 Å². The maximum Gasteiger partial charge on any atom is 0.278 e. The van der Waals surface area contributed by atoms with Gasteiger partial charge in [-0.15, -0.1) is 11.3 Å². The number of carbonyl (C=O) groups is 2. The summed E-state index contributed by atoms with van der Waals surface area (Å²) in [5, 5.41) is 1.88. The van der Waals surface area contributed by atoms with Gasteiger partial charge in [0.15, 0.2) is 0 Å². The Balaban J connectivity index is 1.43. The van der Waals surface area contributed by atoms with E-state index in [9.17, 15) is 14.0 Å². The van der Waals surface area contributed by atoms with Gasteiger partial charge in [-0.05, 0) is 23.6 Å². The van der Waals surface area contributed by atoms with Crippen LogP contribution in [-0.4, -0.2) is 57.8 Å². The molecule has 0 aliphatic carbocycles. The Labute approximate surface area is 188 Å². The van der Waals surface area contributed by atoms with E-state index in [4.69, 9.17) is 0 Å². The molecule has 1 fully saturated rings. The minimum Gasteiger partial charge on any atom is -0.363 e. The molecule has 5 rings (SSSR count). The highest BCUT2D eigenvalue weighted by Crippen LogP contribution is 2.35. The summed E-state index contributed by atoms with van der Waals surface area (Å²) in [4.78, 5) is 41.3. The van der Waals surface area contributed by atoms with E-state index in [1.807, 2.05) is 22.4 Å². The summed E-state index contributed by atoms with van der Waals surface area (Å²) >= 11 is 1.41. The summed E-state index contributed by atoms with van der Waals surface area (Å²) < 4.78 is 14.2.